The fraction of sp³-hybridized carbons (Fsp3) is 0.632. The first-order chi connectivity index (χ1) is 11.5. The first kappa shape index (κ1) is 18.7. The van der Waals surface area contributed by atoms with Crippen LogP contribution in [0, 0.1) is 5.92 Å². The lowest BCUT2D eigenvalue weighted by molar-refractivity contribution is 0.169. The maximum Gasteiger partial charge on any atom is 0.314 e. The highest BCUT2D eigenvalue weighted by atomic mass is 16.3. The zero-order valence-electron chi connectivity index (χ0n) is 14.9. The third-order valence-electron chi connectivity index (χ3n) is 4.41. The first-order valence-corrected chi connectivity index (χ1v) is 9.02. The average Bonchev–Trinajstić information content (AvgIpc) is 2.98. The SMILES string of the molecule is CC(C)CN1CCC[C@H]1CNC(=O)NCC(O)Cc1ccccc1. The number of aliphatic hydroxyl groups is 1. The number of aliphatic hydroxyl groups excluding tert-OH is 1. The van der Waals surface area contributed by atoms with Crippen molar-refractivity contribution in [3.63, 3.8) is 0 Å². The summed E-state index contributed by atoms with van der Waals surface area (Å²) in [4.78, 5) is 14.4. The molecule has 1 heterocycles. The molecule has 1 saturated heterocycles. The number of nitrogens with zero attached hydrogens (tertiary/aromatic N) is 1. The molecule has 0 aliphatic carbocycles. The number of benzene rings is 1. The summed E-state index contributed by atoms with van der Waals surface area (Å²) in [6.07, 6.45) is 2.33. The van der Waals surface area contributed by atoms with Gasteiger partial charge >= 0.3 is 6.03 Å². The Balaban J connectivity index is 1.64. The fourth-order valence-electron chi connectivity index (χ4n) is 3.28. The molecule has 5 nitrogen and oxygen atoms in total. The Labute approximate surface area is 145 Å². The molecule has 2 rings (SSSR count). The van der Waals surface area contributed by atoms with Crippen molar-refractivity contribution in [1.82, 2.24) is 15.5 Å². The third-order valence-corrected chi connectivity index (χ3v) is 4.41. The summed E-state index contributed by atoms with van der Waals surface area (Å²) in [5.74, 6) is 0.646. The number of rotatable bonds is 8. The molecule has 24 heavy (non-hydrogen) atoms. The molecule has 0 spiro atoms. The molecule has 1 aromatic carbocycles. The smallest absolute Gasteiger partial charge is 0.314 e. The van der Waals surface area contributed by atoms with E-state index < -0.39 is 6.10 Å². The number of nitrogens with one attached hydrogen (secondary N) is 2. The second-order valence-electron chi connectivity index (χ2n) is 7.12. The molecule has 0 bridgehead atoms. The van der Waals surface area contributed by atoms with Gasteiger partial charge in [0.05, 0.1) is 6.10 Å². The zero-order valence-corrected chi connectivity index (χ0v) is 14.9. The van der Waals surface area contributed by atoms with E-state index in [4.69, 9.17) is 0 Å². The van der Waals surface area contributed by atoms with Gasteiger partial charge in [0.2, 0.25) is 0 Å². The molecule has 1 aliphatic rings. The van der Waals surface area contributed by atoms with Gasteiger partial charge in [0.25, 0.3) is 0 Å². The van der Waals surface area contributed by atoms with Crippen LogP contribution in [-0.4, -0.2) is 54.4 Å². The van der Waals surface area contributed by atoms with Gasteiger partial charge in [-0.1, -0.05) is 44.2 Å². The summed E-state index contributed by atoms with van der Waals surface area (Å²) in [6.45, 7) is 7.60. The molecule has 0 radical (unpaired) electrons. The van der Waals surface area contributed by atoms with Crippen LogP contribution >= 0.6 is 0 Å². The first-order valence-electron chi connectivity index (χ1n) is 9.02. The Bertz CT molecular complexity index is 493. The lowest BCUT2D eigenvalue weighted by Crippen LogP contribution is -2.46. The van der Waals surface area contributed by atoms with Crippen LogP contribution in [0.15, 0.2) is 30.3 Å². The minimum atomic E-state index is -0.568. The predicted octanol–water partition coefficient (Wildman–Crippen LogP) is 2.01. The molecule has 1 aliphatic heterocycles. The Hall–Kier alpha value is -1.59. The van der Waals surface area contributed by atoms with E-state index >= 15 is 0 Å². The highest BCUT2D eigenvalue weighted by Crippen LogP contribution is 2.17. The van der Waals surface area contributed by atoms with Crippen LogP contribution < -0.4 is 10.6 Å². The number of likely N-dealkylation sites (tertiary alicyclic amines) is 1. The number of hydrogen-bond donors (Lipinski definition) is 3. The van der Waals surface area contributed by atoms with Gasteiger partial charge in [-0.25, -0.2) is 4.79 Å². The largest absolute Gasteiger partial charge is 0.391 e. The van der Waals surface area contributed by atoms with Gasteiger partial charge in [0.15, 0.2) is 0 Å². The molecular weight excluding hydrogens is 302 g/mol. The van der Waals surface area contributed by atoms with Crippen molar-refractivity contribution in [1.29, 1.82) is 0 Å². The summed E-state index contributed by atoms with van der Waals surface area (Å²) in [6, 6.07) is 10.1. The van der Waals surface area contributed by atoms with Crippen LogP contribution in [0.5, 0.6) is 0 Å². The number of urea groups is 1. The van der Waals surface area contributed by atoms with Crippen LogP contribution in [0.4, 0.5) is 4.79 Å². The Morgan fingerprint density at radius 3 is 2.75 bits per heavy atom. The van der Waals surface area contributed by atoms with Gasteiger partial charge in [-0.2, -0.15) is 0 Å². The number of carbonyl (C=O) groups is 1. The van der Waals surface area contributed by atoms with Crippen molar-refractivity contribution in [3.05, 3.63) is 35.9 Å². The monoisotopic (exact) mass is 333 g/mol. The van der Waals surface area contributed by atoms with Crippen LogP contribution in [0.2, 0.25) is 0 Å². The average molecular weight is 333 g/mol. The summed E-state index contributed by atoms with van der Waals surface area (Å²) < 4.78 is 0. The number of carbonyl (C=O) groups excluding carboxylic acids is 1. The normalized spacial score (nSPS) is 19.4. The van der Waals surface area contributed by atoms with Crippen molar-refractivity contribution >= 4 is 6.03 Å². The molecule has 1 aromatic rings. The van der Waals surface area contributed by atoms with Crippen LogP contribution in [0.1, 0.15) is 32.3 Å². The van der Waals surface area contributed by atoms with Crippen molar-refractivity contribution in [2.45, 2.75) is 45.3 Å². The van der Waals surface area contributed by atoms with Gasteiger partial charge in [0, 0.05) is 32.1 Å². The highest BCUT2D eigenvalue weighted by molar-refractivity contribution is 5.73. The Kier molecular flexibility index (Phi) is 7.53. The van der Waals surface area contributed by atoms with Crippen molar-refractivity contribution in [3.8, 4) is 0 Å². The topological polar surface area (TPSA) is 64.6 Å². The van der Waals surface area contributed by atoms with Gasteiger partial charge in [0.1, 0.15) is 0 Å². The van der Waals surface area contributed by atoms with E-state index in [-0.39, 0.29) is 12.6 Å². The molecule has 5 heteroatoms. The minimum Gasteiger partial charge on any atom is -0.391 e. The van der Waals surface area contributed by atoms with E-state index in [1.54, 1.807) is 0 Å². The quantitative estimate of drug-likeness (QED) is 0.682. The summed E-state index contributed by atoms with van der Waals surface area (Å²) in [5.41, 5.74) is 1.07. The molecule has 2 amide bonds. The fourth-order valence-corrected chi connectivity index (χ4v) is 3.28. The highest BCUT2D eigenvalue weighted by Gasteiger charge is 2.25. The molecular formula is C19H31N3O2. The van der Waals surface area contributed by atoms with E-state index in [2.05, 4.69) is 29.4 Å². The summed E-state index contributed by atoms with van der Waals surface area (Å²) in [5, 5.41) is 15.7. The Morgan fingerprint density at radius 2 is 2.04 bits per heavy atom. The minimum absolute atomic E-state index is 0.196. The van der Waals surface area contributed by atoms with Crippen molar-refractivity contribution in [2.75, 3.05) is 26.2 Å². The molecule has 1 unspecified atom stereocenters. The van der Waals surface area contributed by atoms with E-state index in [9.17, 15) is 9.90 Å². The molecule has 1 fully saturated rings. The van der Waals surface area contributed by atoms with Gasteiger partial charge in [-0.05, 0) is 30.9 Å². The van der Waals surface area contributed by atoms with E-state index in [1.807, 2.05) is 30.3 Å². The van der Waals surface area contributed by atoms with Crippen molar-refractivity contribution in [2.24, 2.45) is 5.92 Å². The van der Waals surface area contributed by atoms with Gasteiger partial charge in [-0.15, -0.1) is 0 Å². The van der Waals surface area contributed by atoms with Crippen LogP contribution in [-0.2, 0) is 6.42 Å². The Morgan fingerprint density at radius 1 is 1.29 bits per heavy atom. The third kappa shape index (κ3) is 6.49. The van der Waals surface area contributed by atoms with Crippen LogP contribution in [0.3, 0.4) is 0 Å². The molecule has 3 N–H and O–H groups in total. The lowest BCUT2D eigenvalue weighted by atomic mass is 10.1. The standard InChI is InChI=1S/C19H31N3O2/c1-15(2)14-22-10-6-9-17(22)12-20-19(24)21-13-18(23)11-16-7-4-3-5-8-16/h3-5,7-8,15,17-18,23H,6,9-14H2,1-2H3,(H2,20,21,24)/t17-,18?/m0/s1. The number of hydrogen-bond acceptors (Lipinski definition) is 3. The van der Waals surface area contributed by atoms with E-state index in [0.29, 0.717) is 24.9 Å². The summed E-state index contributed by atoms with van der Waals surface area (Å²) >= 11 is 0. The lowest BCUT2D eigenvalue weighted by Gasteiger charge is -2.26. The van der Waals surface area contributed by atoms with E-state index in [0.717, 1.165) is 25.1 Å². The van der Waals surface area contributed by atoms with Gasteiger partial charge in [-0.3, -0.25) is 4.90 Å². The molecule has 0 aromatic heterocycles. The molecule has 0 saturated carbocycles. The second kappa shape index (κ2) is 9.64. The maximum atomic E-state index is 11.9. The molecule has 134 valence electrons. The van der Waals surface area contributed by atoms with Gasteiger partial charge < -0.3 is 15.7 Å². The molecule has 2 atom stereocenters. The zero-order chi connectivity index (χ0) is 17.4. The number of amides is 2. The predicted molar refractivity (Wildman–Crippen MR) is 97.0 cm³/mol. The van der Waals surface area contributed by atoms with Crippen LogP contribution in [0.25, 0.3) is 0 Å². The summed E-state index contributed by atoms with van der Waals surface area (Å²) in [7, 11) is 0. The second-order valence-corrected chi connectivity index (χ2v) is 7.12. The maximum absolute atomic E-state index is 11.9. The van der Waals surface area contributed by atoms with Crippen molar-refractivity contribution < 1.29 is 9.90 Å². The van der Waals surface area contributed by atoms with E-state index in [1.165, 1.54) is 6.42 Å².